The number of rotatable bonds is 22. The Bertz CT molecular complexity index is 523. The lowest BCUT2D eigenvalue weighted by atomic mass is 9.97. The summed E-state index contributed by atoms with van der Waals surface area (Å²) in [6.07, 6.45) is 28.9. The minimum atomic E-state index is -0.00406. The van der Waals surface area contributed by atoms with Crippen molar-refractivity contribution in [2.24, 2.45) is 0 Å². The van der Waals surface area contributed by atoms with Crippen molar-refractivity contribution in [2.45, 2.75) is 168 Å². The Balaban J connectivity index is 2.33. The molecule has 3 heteroatoms. The van der Waals surface area contributed by atoms with Gasteiger partial charge in [-0.3, -0.25) is 14.5 Å². The molecule has 0 radical (unpaired) electrons. The van der Waals surface area contributed by atoms with Gasteiger partial charge in [-0.05, 0) is 26.2 Å². The molecule has 192 valence electrons. The number of carbonyl (C=O) groups excluding carboxylic acids is 2. The molecule has 1 fully saturated rings. The first-order chi connectivity index (χ1) is 16.1. The SMILES string of the molecule is CCCCCCCCCCCC=C(C)C(CCCCCCCCCCC)N1C(=O)CCC1=O. The molecule has 1 saturated heterocycles. The van der Waals surface area contributed by atoms with Crippen LogP contribution in [0.1, 0.15) is 162 Å². The number of likely N-dealkylation sites (tertiary alicyclic amines) is 1. The van der Waals surface area contributed by atoms with Crippen LogP contribution in [0.2, 0.25) is 0 Å². The van der Waals surface area contributed by atoms with E-state index in [1.165, 1.54) is 115 Å². The van der Waals surface area contributed by atoms with Gasteiger partial charge in [-0.25, -0.2) is 0 Å². The Hall–Kier alpha value is -1.12. The highest BCUT2D eigenvalue weighted by atomic mass is 16.2. The predicted octanol–water partition coefficient (Wildman–Crippen LogP) is 9.29. The molecule has 0 aromatic heterocycles. The van der Waals surface area contributed by atoms with Crippen LogP contribution in [0, 0.1) is 0 Å². The van der Waals surface area contributed by atoms with E-state index < -0.39 is 0 Å². The Morgan fingerprint density at radius 3 is 1.52 bits per heavy atom. The van der Waals surface area contributed by atoms with Gasteiger partial charge in [-0.2, -0.15) is 0 Å². The molecule has 1 atom stereocenters. The third-order valence-corrected chi connectivity index (χ3v) is 7.28. The summed E-state index contributed by atoms with van der Waals surface area (Å²) in [6, 6.07) is -0.00406. The lowest BCUT2D eigenvalue weighted by molar-refractivity contribution is -0.140. The summed E-state index contributed by atoms with van der Waals surface area (Å²) in [7, 11) is 0. The van der Waals surface area contributed by atoms with Gasteiger partial charge in [0.25, 0.3) is 0 Å². The molecule has 3 nitrogen and oxygen atoms in total. The number of amides is 2. The van der Waals surface area contributed by atoms with Crippen LogP contribution in [0.25, 0.3) is 0 Å². The van der Waals surface area contributed by atoms with Crippen LogP contribution in [0.4, 0.5) is 0 Å². The van der Waals surface area contributed by atoms with Gasteiger partial charge < -0.3 is 0 Å². The van der Waals surface area contributed by atoms with Crippen molar-refractivity contribution < 1.29 is 9.59 Å². The summed E-state index contributed by atoms with van der Waals surface area (Å²) < 4.78 is 0. The molecular formula is C30H55NO2. The molecule has 1 aliphatic heterocycles. The average Bonchev–Trinajstić information content (AvgIpc) is 3.14. The van der Waals surface area contributed by atoms with Crippen molar-refractivity contribution in [1.82, 2.24) is 4.90 Å². The van der Waals surface area contributed by atoms with Crippen molar-refractivity contribution >= 4 is 11.8 Å². The average molecular weight is 462 g/mol. The predicted molar refractivity (Wildman–Crippen MR) is 142 cm³/mol. The fraction of sp³-hybridized carbons (Fsp3) is 0.867. The van der Waals surface area contributed by atoms with Gasteiger partial charge in [0, 0.05) is 12.8 Å². The lowest BCUT2D eigenvalue weighted by Gasteiger charge is -2.27. The van der Waals surface area contributed by atoms with E-state index in [2.05, 4.69) is 26.8 Å². The normalized spacial score (nSPS) is 15.6. The second-order valence-corrected chi connectivity index (χ2v) is 10.4. The fourth-order valence-electron chi connectivity index (χ4n) is 5.07. The topological polar surface area (TPSA) is 37.4 Å². The number of carbonyl (C=O) groups is 2. The Kier molecular flexibility index (Phi) is 18.4. The standard InChI is InChI=1S/C30H55NO2/c1-4-6-8-10-12-14-16-17-19-21-23-27(3)28(31-29(32)25-26-30(31)33)24-22-20-18-15-13-11-9-7-5-2/h23,28H,4-22,24-26H2,1-3H3. The van der Waals surface area contributed by atoms with Crippen molar-refractivity contribution in [3.8, 4) is 0 Å². The Morgan fingerprint density at radius 1 is 0.667 bits per heavy atom. The second-order valence-electron chi connectivity index (χ2n) is 10.4. The number of hydrogen-bond acceptors (Lipinski definition) is 2. The molecule has 0 saturated carbocycles. The van der Waals surface area contributed by atoms with E-state index in [0.29, 0.717) is 12.8 Å². The van der Waals surface area contributed by atoms with Gasteiger partial charge in [-0.1, -0.05) is 135 Å². The molecule has 0 aliphatic carbocycles. The first-order valence-electron chi connectivity index (χ1n) is 14.6. The smallest absolute Gasteiger partial charge is 0.230 e. The van der Waals surface area contributed by atoms with E-state index in [4.69, 9.17) is 0 Å². The summed E-state index contributed by atoms with van der Waals surface area (Å²) in [6.45, 7) is 6.68. The Morgan fingerprint density at radius 2 is 1.06 bits per heavy atom. The second kappa shape index (κ2) is 20.3. The van der Waals surface area contributed by atoms with Gasteiger partial charge in [0.2, 0.25) is 11.8 Å². The largest absolute Gasteiger partial charge is 0.275 e. The molecular weight excluding hydrogens is 406 g/mol. The summed E-state index contributed by atoms with van der Waals surface area (Å²) >= 11 is 0. The maximum atomic E-state index is 12.4. The zero-order valence-corrected chi connectivity index (χ0v) is 22.5. The summed E-state index contributed by atoms with van der Waals surface area (Å²) in [4.78, 5) is 26.4. The monoisotopic (exact) mass is 461 g/mol. The zero-order valence-electron chi connectivity index (χ0n) is 22.5. The van der Waals surface area contributed by atoms with E-state index in [0.717, 1.165) is 19.3 Å². The van der Waals surface area contributed by atoms with Crippen molar-refractivity contribution in [1.29, 1.82) is 0 Å². The summed E-state index contributed by atoms with van der Waals surface area (Å²) in [5.41, 5.74) is 1.23. The van der Waals surface area contributed by atoms with E-state index in [-0.39, 0.29) is 17.9 Å². The Labute approximate surface area is 206 Å². The molecule has 0 N–H and O–H groups in total. The highest BCUT2D eigenvalue weighted by Crippen LogP contribution is 2.25. The molecule has 1 unspecified atom stereocenters. The van der Waals surface area contributed by atoms with Crippen LogP contribution in [-0.4, -0.2) is 22.8 Å². The molecule has 1 aliphatic rings. The summed E-state index contributed by atoms with van der Waals surface area (Å²) in [5, 5.41) is 0. The van der Waals surface area contributed by atoms with Crippen LogP contribution < -0.4 is 0 Å². The molecule has 0 aromatic rings. The number of imide groups is 1. The van der Waals surface area contributed by atoms with Crippen LogP contribution in [0.5, 0.6) is 0 Å². The molecule has 0 spiro atoms. The number of nitrogens with zero attached hydrogens (tertiary/aromatic N) is 1. The first-order valence-corrected chi connectivity index (χ1v) is 14.6. The third kappa shape index (κ3) is 14.0. The number of allylic oxidation sites excluding steroid dienone is 1. The minimum Gasteiger partial charge on any atom is -0.275 e. The van der Waals surface area contributed by atoms with E-state index in [9.17, 15) is 9.59 Å². The van der Waals surface area contributed by atoms with Crippen LogP contribution in [-0.2, 0) is 9.59 Å². The molecule has 2 amide bonds. The van der Waals surface area contributed by atoms with E-state index >= 15 is 0 Å². The molecule has 1 heterocycles. The first kappa shape index (κ1) is 29.9. The molecule has 0 bridgehead atoms. The van der Waals surface area contributed by atoms with E-state index in [1.54, 1.807) is 4.90 Å². The molecule has 1 rings (SSSR count). The molecule has 33 heavy (non-hydrogen) atoms. The fourth-order valence-corrected chi connectivity index (χ4v) is 5.07. The zero-order chi connectivity index (χ0) is 24.2. The van der Waals surface area contributed by atoms with Gasteiger partial charge >= 0.3 is 0 Å². The highest BCUT2D eigenvalue weighted by Gasteiger charge is 2.35. The third-order valence-electron chi connectivity index (χ3n) is 7.28. The van der Waals surface area contributed by atoms with Crippen molar-refractivity contribution in [3.63, 3.8) is 0 Å². The lowest BCUT2D eigenvalue weighted by Crippen LogP contribution is -2.40. The van der Waals surface area contributed by atoms with Gasteiger partial charge in [-0.15, -0.1) is 0 Å². The maximum Gasteiger partial charge on any atom is 0.230 e. The minimum absolute atomic E-state index is 0.00406. The molecule has 0 aromatic carbocycles. The van der Waals surface area contributed by atoms with Gasteiger partial charge in [0.05, 0.1) is 6.04 Å². The van der Waals surface area contributed by atoms with Crippen LogP contribution in [0.3, 0.4) is 0 Å². The van der Waals surface area contributed by atoms with Gasteiger partial charge in [0.15, 0.2) is 0 Å². The highest BCUT2D eigenvalue weighted by molar-refractivity contribution is 6.02. The van der Waals surface area contributed by atoms with Crippen LogP contribution in [0.15, 0.2) is 11.6 Å². The summed E-state index contributed by atoms with van der Waals surface area (Å²) in [5.74, 6) is 0.0773. The van der Waals surface area contributed by atoms with E-state index in [1.807, 2.05) is 0 Å². The number of unbranched alkanes of at least 4 members (excludes halogenated alkanes) is 17. The maximum absolute atomic E-state index is 12.4. The van der Waals surface area contributed by atoms with Crippen molar-refractivity contribution in [3.05, 3.63) is 11.6 Å². The number of hydrogen-bond donors (Lipinski definition) is 0. The quantitative estimate of drug-likeness (QED) is 0.0914. The van der Waals surface area contributed by atoms with Crippen LogP contribution >= 0.6 is 0 Å². The van der Waals surface area contributed by atoms with Crippen molar-refractivity contribution in [2.75, 3.05) is 0 Å². The van der Waals surface area contributed by atoms with Gasteiger partial charge in [0.1, 0.15) is 0 Å².